The van der Waals surface area contributed by atoms with E-state index in [0.29, 0.717) is 0 Å². The van der Waals surface area contributed by atoms with Crippen LogP contribution in [0, 0.1) is 0 Å². The highest BCUT2D eigenvalue weighted by Crippen LogP contribution is 2.30. The largest absolute Gasteiger partial charge is 0.394 e. The zero-order valence-electron chi connectivity index (χ0n) is 8.14. The average molecular weight is 194 g/mol. The lowest BCUT2D eigenvalue weighted by Gasteiger charge is -2.30. The highest BCUT2D eigenvalue weighted by atomic mass is 16.7. The Hall–Kier alpha value is -0.900. The Labute approximate surface area is 83.3 Å². The van der Waals surface area contributed by atoms with E-state index in [9.17, 15) is 0 Å². The van der Waals surface area contributed by atoms with Crippen LogP contribution in [-0.4, -0.2) is 24.9 Å². The molecule has 14 heavy (non-hydrogen) atoms. The number of rotatable bonds is 2. The second-order valence-electron chi connectivity index (χ2n) is 3.41. The molecule has 3 heteroatoms. The van der Waals surface area contributed by atoms with Gasteiger partial charge in [-0.25, -0.2) is 0 Å². The van der Waals surface area contributed by atoms with Gasteiger partial charge in [0.1, 0.15) is 0 Å². The van der Waals surface area contributed by atoms with E-state index in [1.54, 1.807) is 7.11 Å². The Kier molecular flexibility index (Phi) is 2.82. The van der Waals surface area contributed by atoms with Crippen molar-refractivity contribution in [3.8, 4) is 0 Å². The molecule has 2 rings (SSSR count). The third-order valence-corrected chi connectivity index (χ3v) is 2.49. The van der Waals surface area contributed by atoms with Gasteiger partial charge in [-0.3, -0.25) is 0 Å². The summed E-state index contributed by atoms with van der Waals surface area (Å²) in [6.07, 6.45) is 0.277. The summed E-state index contributed by atoms with van der Waals surface area (Å²) in [5.41, 5.74) is 2.27. The second kappa shape index (κ2) is 4.09. The molecule has 0 bridgehead atoms. The monoisotopic (exact) mass is 194 g/mol. The molecule has 0 saturated heterocycles. The van der Waals surface area contributed by atoms with Crippen molar-refractivity contribution in [3.05, 3.63) is 35.4 Å². The van der Waals surface area contributed by atoms with Gasteiger partial charge in [0.15, 0.2) is 6.29 Å². The Morgan fingerprint density at radius 3 is 3.00 bits per heavy atom. The van der Waals surface area contributed by atoms with Crippen molar-refractivity contribution in [2.45, 2.75) is 18.8 Å². The number of methoxy groups -OCH3 is 1. The number of aliphatic hydroxyl groups is 1. The lowest BCUT2D eigenvalue weighted by molar-refractivity contribution is -0.176. The second-order valence-corrected chi connectivity index (χ2v) is 3.41. The van der Waals surface area contributed by atoms with Crippen LogP contribution in [0.1, 0.15) is 17.4 Å². The van der Waals surface area contributed by atoms with Gasteiger partial charge in [-0.15, -0.1) is 0 Å². The molecule has 0 aliphatic carbocycles. The summed E-state index contributed by atoms with van der Waals surface area (Å²) in [7, 11) is 1.61. The first-order valence-electron chi connectivity index (χ1n) is 4.72. The Morgan fingerprint density at radius 1 is 1.50 bits per heavy atom. The molecule has 0 radical (unpaired) electrons. The fourth-order valence-electron chi connectivity index (χ4n) is 1.78. The van der Waals surface area contributed by atoms with E-state index in [1.165, 1.54) is 5.56 Å². The maximum absolute atomic E-state index is 9.05. The van der Waals surface area contributed by atoms with E-state index < -0.39 is 0 Å². The van der Waals surface area contributed by atoms with Crippen molar-refractivity contribution < 1.29 is 14.6 Å². The van der Waals surface area contributed by atoms with Crippen molar-refractivity contribution in [2.24, 2.45) is 0 Å². The first-order chi connectivity index (χ1) is 6.85. The van der Waals surface area contributed by atoms with E-state index in [0.717, 1.165) is 12.0 Å². The smallest absolute Gasteiger partial charge is 0.184 e. The molecular formula is C11H14O3. The molecule has 1 heterocycles. The van der Waals surface area contributed by atoms with Crippen LogP contribution in [0.25, 0.3) is 0 Å². The van der Waals surface area contributed by atoms with Gasteiger partial charge in [-0.2, -0.15) is 0 Å². The lowest BCUT2D eigenvalue weighted by atomic mass is 9.98. The van der Waals surface area contributed by atoms with Crippen LogP contribution in [0.3, 0.4) is 0 Å². The standard InChI is InChI=1S/C11H14O3/c1-13-11-10-5-3-2-4-8(10)6-9(7-12)14-11/h2-5,9,11-12H,6-7H2,1H3/t9-,11+/m1/s1. The van der Waals surface area contributed by atoms with Gasteiger partial charge >= 0.3 is 0 Å². The molecule has 0 amide bonds. The van der Waals surface area contributed by atoms with E-state index >= 15 is 0 Å². The van der Waals surface area contributed by atoms with E-state index in [1.807, 2.05) is 24.3 Å². The third-order valence-electron chi connectivity index (χ3n) is 2.49. The summed E-state index contributed by atoms with van der Waals surface area (Å²) in [5, 5.41) is 9.05. The Balaban J connectivity index is 2.31. The highest BCUT2D eigenvalue weighted by molar-refractivity contribution is 5.30. The number of hydrogen-bond acceptors (Lipinski definition) is 3. The minimum absolute atomic E-state index is 0.0359. The summed E-state index contributed by atoms with van der Waals surface area (Å²) in [6.45, 7) is 0.0359. The summed E-state index contributed by atoms with van der Waals surface area (Å²) in [6, 6.07) is 8.00. The van der Waals surface area contributed by atoms with E-state index in [4.69, 9.17) is 14.6 Å². The molecule has 1 aromatic rings. The molecule has 0 fully saturated rings. The molecule has 76 valence electrons. The molecular weight excluding hydrogens is 180 g/mol. The van der Waals surface area contributed by atoms with Gasteiger partial charge < -0.3 is 14.6 Å². The van der Waals surface area contributed by atoms with Crippen LogP contribution in [0.2, 0.25) is 0 Å². The maximum atomic E-state index is 9.05. The fourth-order valence-corrected chi connectivity index (χ4v) is 1.78. The topological polar surface area (TPSA) is 38.7 Å². The number of aliphatic hydroxyl groups excluding tert-OH is 1. The molecule has 0 saturated carbocycles. The molecule has 2 atom stereocenters. The average Bonchev–Trinajstić information content (AvgIpc) is 2.27. The lowest BCUT2D eigenvalue weighted by Crippen LogP contribution is -2.29. The van der Waals surface area contributed by atoms with Crippen LogP contribution < -0.4 is 0 Å². The first kappa shape index (κ1) is 9.65. The molecule has 0 spiro atoms. The molecule has 0 aromatic heterocycles. The minimum Gasteiger partial charge on any atom is -0.394 e. The number of fused-ring (bicyclic) bond motifs is 1. The zero-order valence-corrected chi connectivity index (χ0v) is 8.14. The SMILES string of the molecule is CO[C@H]1O[C@@H](CO)Cc2ccccc21. The van der Waals surface area contributed by atoms with Gasteiger partial charge in [0.05, 0.1) is 12.7 Å². The number of benzene rings is 1. The minimum atomic E-state index is -0.336. The van der Waals surface area contributed by atoms with Crippen molar-refractivity contribution in [3.63, 3.8) is 0 Å². The van der Waals surface area contributed by atoms with Crippen molar-refractivity contribution in [1.29, 1.82) is 0 Å². The van der Waals surface area contributed by atoms with Crippen LogP contribution in [0.4, 0.5) is 0 Å². The van der Waals surface area contributed by atoms with Gasteiger partial charge in [0.2, 0.25) is 0 Å². The molecule has 1 aliphatic rings. The quantitative estimate of drug-likeness (QED) is 0.770. The Morgan fingerprint density at radius 2 is 2.29 bits per heavy atom. The van der Waals surface area contributed by atoms with E-state index in [2.05, 4.69) is 0 Å². The van der Waals surface area contributed by atoms with Crippen LogP contribution in [0.5, 0.6) is 0 Å². The van der Waals surface area contributed by atoms with Crippen LogP contribution in [0.15, 0.2) is 24.3 Å². The maximum Gasteiger partial charge on any atom is 0.184 e. The molecule has 1 aromatic carbocycles. The van der Waals surface area contributed by atoms with Gasteiger partial charge in [0.25, 0.3) is 0 Å². The first-order valence-corrected chi connectivity index (χ1v) is 4.72. The van der Waals surface area contributed by atoms with Crippen LogP contribution in [-0.2, 0) is 15.9 Å². The predicted octanol–water partition coefficient (Wildman–Crippen LogP) is 1.27. The van der Waals surface area contributed by atoms with Gasteiger partial charge in [-0.05, 0) is 5.56 Å². The fraction of sp³-hybridized carbons (Fsp3) is 0.455. The van der Waals surface area contributed by atoms with Gasteiger partial charge in [0, 0.05) is 19.1 Å². The van der Waals surface area contributed by atoms with Crippen molar-refractivity contribution in [1.82, 2.24) is 0 Å². The van der Waals surface area contributed by atoms with Crippen LogP contribution >= 0.6 is 0 Å². The van der Waals surface area contributed by atoms with E-state index in [-0.39, 0.29) is 19.0 Å². The predicted molar refractivity (Wildman–Crippen MR) is 51.9 cm³/mol. The summed E-state index contributed by atoms with van der Waals surface area (Å²) < 4.78 is 10.8. The normalized spacial score (nSPS) is 25.9. The highest BCUT2D eigenvalue weighted by Gasteiger charge is 2.26. The molecule has 1 aliphatic heterocycles. The van der Waals surface area contributed by atoms with Crippen molar-refractivity contribution in [2.75, 3.05) is 13.7 Å². The summed E-state index contributed by atoms with van der Waals surface area (Å²) >= 11 is 0. The Bertz CT molecular complexity index is 311. The molecule has 0 unspecified atom stereocenters. The molecule has 3 nitrogen and oxygen atoms in total. The third kappa shape index (κ3) is 1.66. The van der Waals surface area contributed by atoms with Crippen molar-refractivity contribution >= 4 is 0 Å². The van der Waals surface area contributed by atoms with Gasteiger partial charge in [-0.1, -0.05) is 24.3 Å². The summed E-state index contributed by atoms with van der Waals surface area (Å²) in [5.74, 6) is 0. The zero-order chi connectivity index (χ0) is 9.97. The number of ether oxygens (including phenoxy) is 2. The number of hydrogen-bond donors (Lipinski definition) is 1. The summed E-state index contributed by atoms with van der Waals surface area (Å²) in [4.78, 5) is 0. The molecule has 1 N–H and O–H groups in total.